The van der Waals surface area contributed by atoms with Crippen molar-refractivity contribution in [2.75, 3.05) is 19.7 Å². The van der Waals surface area contributed by atoms with E-state index in [2.05, 4.69) is 10.6 Å². The maximum Gasteiger partial charge on any atom is 0.240 e. The molecule has 1 aromatic carbocycles. The molecule has 0 radical (unpaired) electrons. The molecule has 130 valence electrons. The van der Waals surface area contributed by atoms with Crippen LogP contribution in [-0.2, 0) is 23.0 Å². The van der Waals surface area contributed by atoms with Crippen LogP contribution in [0.2, 0.25) is 0 Å². The molecular weight excluding hydrogens is 309 g/mol. The summed E-state index contributed by atoms with van der Waals surface area (Å²) in [6.07, 6.45) is 2.69. The molecule has 0 spiro atoms. The van der Waals surface area contributed by atoms with E-state index in [1.165, 1.54) is 12.1 Å². The Bertz CT molecular complexity index is 754. The SMILES string of the molecule is Cn1cc(CCNC(=O)C2NCCOC2(C)C)c2ccc(F)cc21. The number of hydrogen-bond donors (Lipinski definition) is 2. The number of nitrogens with zero attached hydrogens (tertiary/aromatic N) is 1. The van der Waals surface area contributed by atoms with Crippen molar-refractivity contribution in [3.8, 4) is 0 Å². The van der Waals surface area contributed by atoms with Crippen LogP contribution in [0.3, 0.4) is 0 Å². The van der Waals surface area contributed by atoms with E-state index >= 15 is 0 Å². The lowest BCUT2D eigenvalue weighted by atomic mass is 9.96. The average Bonchev–Trinajstić information content (AvgIpc) is 2.82. The summed E-state index contributed by atoms with van der Waals surface area (Å²) in [5.74, 6) is -0.292. The van der Waals surface area contributed by atoms with Crippen LogP contribution < -0.4 is 10.6 Å². The number of carbonyl (C=O) groups excluding carboxylic acids is 1. The number of amides is 1. The van der Waals surface area contributed by atoms with Crippen LogP contribution in [0.25, 0.3) is 10.9 Å². The molecule has 1 aliphatic heterocycles. The van der Waals surface area contributed by atoms with E-state index in [1.54, 1.807) is 6.07 Å². The molecule has 1 fully saturated rings. The lowest BCUT2D eigenvalue weighted by molar-refractivity contribution is -0.137. The van der Waals surface area contributed by atoms with Crippen LogP contribution in [-0.4, -0.2) is 41.8 Å². The summed E-state index contributed by atoms with van der Waals surface area (Å²) in [4.78, 5) is 12.4. The van der Waals surface area contributed by atoms with Crippen molar-refractivity contribution in [3.63, 3.8) is 0 Å². The van der Waals surface area contributed by atoms with Gasteiger partial charge in [0, 0.05) is 31.7 Å². The standard InChI is InChI=1S/C18H24FN3O2/c1-18(2)16(20-8-9-24-18)17(23)21-7-6-12-11-22(3)15-10-13(19)4-5-14(12)15/h4-5,10-11,16,20H,6-9H2,1-3H3,(H,21,23). The average molecular weight is 333 g/mol. The van der Waals surface area contributed by atoms with Crippen molar-refractivity contribution >= 4 is 16.8 Å². The molecule has 1 saturated heterocycles. The zero-order chi connectivity index (χ0) is 17.3. The normalized spacial score (nSPS) is 20.2. The lowest BCUT2D eigenvalue weighted by Gasteiger charge is -2.38. The van der Waals surface area contributed by atoms with Crippen LogP contribution in [0.15, 0.2) is 24.4 Å². The minimum atomic E-state index is -0.515. The molecule has 1 aromatic heterocycles. The van der Waals surface area contributed by atoms with Crippen LogP contribution in [0.4, 0.5) is 4.39 Å². The number of benzene rings is 1. The predicted octanol–water partition coefficient (Wildman–Crippen LogP) is 1.74. The first kappa shape index (κ1) is 16.9. The maximum absolute atomic E-state index is 13.4. The summed E-state index contributed by atoms with van der Waals surface area (Å²) in [6.45, 7) is 5.66. The van der Waals surface area contributed by atoms with E-state index in [4.69, 9.17) is 4.74 Å². The van der Waals surface area contributed by atoms with Gasteiger partial charge in [-0.3, -0.25) is 4.79 Å². The predicted molar refractivity (Wildman–Crippen MR) is 91.4 cm³/mol. The van der Waals surface area contributed by atoms with Gasteiger partial charge in [0.25, 0.3) is 0 Å². The summed E-state index contributed by atoms with van der Waals surface area (Å²) in [6, 6.07) is 4.44. The van der Waals surface area contributed by atoms with E-state index in [0.29, 0.717) is 26.1 Å². The van der Waals surface area contributed by atoms with Crippen LogP contribution in [0.1, 0.15) is 19.4 Å². The molecule has 24 heavy (non-hydrogen) atoms. The summed E-state index contributed by atoms with van der Waals surface area (Å²) in [5, 5.41) is 7.21. The molecule has 1 unspecified atom stereocenters. The molecule has 0 bridgehead atoms. The quantitative estimate of drug-likeness (QED) is 0.896. The molecule has 1 amide bonds. The van der Waals surface area contributed by atoms with Crippen molar-refractivity contribution < 1.29 is 13.9 Å². The zero-order valence-corrected chi connectivity index (χ0v) is 14.4. The van der Waals surface area contributed by atoms with Gasteiger partial charge >= 0.3 is 0 Å². The van der Waals surface area contributed by atoms with Gasteiger partial charge in [-0.2, -0.15) is 0 Å². The highest BCUT2D eigenvalue weighted by molar-refractivity contribution is 5.85. The zero-order valence-electron chi connectivity index (χ0n) is 14.4. The number of fused-ring (bicyclic) bond motifs is 1. The Kier molecular flexibility index (Phi) is 4.60. The van der Waals surface area contributed by atoms with Gasteiger partial charge in [-0.1, -0.05) is 0 Å². The Morgan fingerprint density at radius 2 is 2.29 bits per heavy atom. The first-order valence-corrected chi connectivity index (χ1v) is 8.27. The Hall–Kier alpha value is -1.92. The molecule has 2 heterocycles. The molecule has 0 aliphatic carbocycles. The molecule has 1 aliphatic rings. The smallest absolute Gasteiger partial charge is 0.240 e. The molecule has 2 N–H and O–H groups in total. The van der Waals surface area contributed by atoms with Crippen molar-refractivity contribution in [1.82, 2.24) is 15.2 Å². The second kappa shape index (κ2) is 6.53. The molecule has 1 atom stereocenters. The molecule has 3 rings (SSSR count). The van der Waals surface area contributed by atoms with Gasteiger partial charge in [0.1, 0.15) is 11.9 Å². The topological polar surface area (TPSA) is 55.3 Å². The fourth-order valence-electron chi connectivity index (χ4n) is 3.32. The van der Waals surface area contributed by atoms with E-state index < -0.39 is 5.60 Å². The van der Waals surface area contributed by atoms with Crippen molar-refractivity contribution in [2.24, 2.45) is 7.05 Å². The van der Waals surface area contributed by atoms with Crippen LogP contribution in [0.5, 0.6) is 0 Å². The maximum atomic E-state index is 13.4. The van der Waals surface area contributed by atoms with E-state index in [9.17, 15) is 9.18 Å². The Morgan fingerprint density at radius 1 is 1.50 bits per heavy atom. The number of aryl methyl sites for hydroxylation is 1. The largest absolute Gasteiger partial charge is 0.372 e. The Balaban J connectivity index is 1.63. The van der Waals surface area contributed by atoms with Gasteiger partial charge in [0.05, 0.1) is 17.7 Å². The highest BCUT2D eigenvalue weighted by atomic mass is 19.1. The fourth-order valence-corrected chi connectivity index (χ4v) is 3.32. The molecule has 2 aromatic rings. The number of ether oxygens (including phenoxy) is 1. The van der Waals surface area contributed by atoms with E-state index in [1.807, 2.05) is 31.7 Å². The third kappa shape index (κ3) is 3.30. The minimum absolute atomic E-state index is 0.0500. The number of hydrogen-bond acceptors (Lipinski definition) is 3. The third-order valence-electron chi connectivity index (χ3n) is 4.61. The van der Waals surface area contributed by atoms with Crippen molar-refractivity contribution in [2.45, 2.75) is 31.9 Å². The third-order valence-corrected chi connectivity index (χ3v) is 4.61. The molecule has 5 nitrogen and oxygen atoms in total. The monoisotopic (exact) mass is 333 g/mol. The molecule has 6 heteroatoms. The summed E-state index contributed by atoms with van der Waals surface area (Å²) >= 11 is 0. The first-order chi connectivity index (χ1) is 11.4. The van der Waals surface area contributed by atoms with Gasteiger partial charge < -0.3 is 19.9 Å². The van der Waals surface area contributed by atoms with Crippen LogP contribution in [0, 0.1) is 5.82 Å². The molecule has 0 saturated carbocycles. The Morgan fingerprint density at radius 3 is 3.04 bits per heavy atom. The molecular formula is C18H24FN3O2. The summed E-state index contributed by atoms with van der Waals surface area (Å²) in [7, 11) is 1.90. The van der Waals surface area contributed by atoms with Crippen molar-refractivity contribution in [3.05, 3.63) is 35.8 Å². The summed E-state index contributed by atoms with van der Waals surface area (Å²) in [5.41, 5.74) is 1.44. The lowest BCUT2D eigenvalue weighted by Crippen LogP contribution is -2.61. The summed E-state index contributed by atoms with van der Waals surface area (Å²) < 4.78 is 21.0. The second-order valence-corrected chi connectivity index (χ2v) is 6.81. The number of rotatable bonds is 4. The fraction of sp³-hybridized carbons (Fsp3) is 0.500. The van der Waals surface area contributed by atoms with Gasteiger partial charge in [-0.05, 0) is 44.0 Å². The van der Waals surface area contributed by atoms with Gasteiger partial charge in [-0.25, -0.2) is 4.39 Å². The Labute approximate surface area is 141 Å². The number of carbonyl (C=O) groups is 1. The van der Waals surface area contributed by atoms with Crippen molar-refractivity contribution in [1.29, 1.82) is 0 Å². The first-order valence-electron chi connectivity index (χ1n) is 8.27. The van der Waals surface area contributed by atoms with Gasteiger partial charge in [0.15, 0.2) is 0 Å². The highest BCUT2D eigenvalue weighted by Gasteiger charge is 2.38. The van der Waals surface area contributed by atoms with Gasteiger partial charge in [0.2, 0.25) is 5.91 Å². The number of morpholine rings is 1. The minimum Gasteiger partial charge on any atom is -0.372 e. The number of aromatic nitrogens is 1. The number of nitrogens with one attached hydrogen (secondary N) is 2. The second-order valence-electron chi connectivity index (χ2n) is 6.81. The highest BCUT2D eigenvalue weighted by Crippen LogP contribution is 2.22. The van der Waals surface area contributed by atoms with Gasteiger partial charge in [-0.15, -0.1) is 0 Å². The van der Waals surface area contributed by atoms with E-state index in [-0.39, 0.29) is 17.8 Å². The van der Waals surface area contributed by atoms with E-state index in [0.717, 1.165) is 16.5 Å². The van der Waals surface area contributed by atoms with Crippen LogP contribution >= 0.6 is 0 Å². The number of halogens is 1.